The lowest BCUT2D eigenvalue weighted by Gasteiger charge is -2.26. The summed E-state index contributed by atoms with van der Waals surface area (Å²) in [5, 5.41) is 44.8. The highest BCUT2D eigenvalue weighted by Gasteiger charge is 2.39. The molecule has 6 atom stereocenters. The number of aromatic nitrogens is 4. The first-order valence-corrected chi connectivity index (χ1v) is 21.6. The van der Waals surface area contributed by atoms with Gasteiger partial charge in [-0.3, -0.25) is 14.6 Å². The van der Waals surface area contributed by atoms with Crippen molar-refractivity contribution >= 4 is 84.2 Å². The Kier molecular flexibility index (Phi) is 10.8. The normalized spacial score (nSPS) is 24.7. The third-order valence-corrected chi connectivity index (χ3v) is 14.4. The van der Waals surface area contributed by atoms with E-state index in [0.29, 0.717) is 37.6 Å². The van der Waals surface area contributed by atoms with Crippen molar-refractivity contribution in [3.05, 3.63) is 61.9 Å². The number of rotatable bonds is 6. The molecule has 5 aliphatic rings. The quantitative estimate of drug-likeness (QED) is 0.156. The van der Waals surface area contributed by atoms with Crippen molar-refractivity contribution in [2.24, 2.45) is 16.8 Å². The number of benzene rings is 1. The second-order valence-corrected chi connectivity index (χ2v) is 18.0. The van der Waals surface area contributed by atoms with Crippen molar-refractivity contribution in [2.75, 3.05) is 38.1 Å². The topological polar surface area (TPSA) is 207 Å². The number of amides is 2. The summed E-state index contributed by atoms with van der Waals surface area (Å²) in [5.74, 6) is 1.26. The number of nitrogens with zero attached hydrogens (tertiary/aromatic N) is 7. The Bertz CT molecular complexity index is 2420. The highest BCUT2D eigenvalue weighted by molar-refractivity contribution is 7.19. The molecule has 7 heterocycles. The van der Waals surface area contributed by atoms with E-state index in [1.807, 2.05) is 19.2 Å². The standard InChI is InChI=1S/C25H27N5O4S.C15H16ClN3O3S/c1-2-34-20-6-15-9-26-8-14(15)5-17(20)29-23-22-16-4-3-13(7-21(16)35-24(22)28-12-27-23)25(33)30-10-18(31)19(32)11-30;16-13-12-8-2-1-7(3-11(8)23-14(12)18-6-17-13)15(22)19-4-9(20)10(21)5-19/h5-6,8,12-13,18-19,31-32H,2-4,7,9-11H2,1H3,(H,27,28,29);6-7,9-10,20-21H,1-5H2/t13-,18+,19+;7-,9+,10+/m00/s1. The van der Waals surface area contributed by atoms with Crippen LogP contribution in [-0.2, 0) is 41.8 Å². The number of thiophene rings is 2. The number of nitrogens with one attached hydrogen (secondary N) is 1. The van der Waals surface area contributed by atoms with E-state index in [9.17, 15) is 30.0 Å². The lowest BCUT2D eigenvalue weighted by molar-refractivity contribution is -0.136. The van der Waals surface area contributed by atoms with Gasteiger partial charge in [0.15, 0.2) is 0 Å². The molecule has 2 amide bonds. The molecular weight excluding hydrogens is 804 g/mol. The number of aliphatic hydroxyl groups excluding tert-OH is 4. The fraction of sp³-hybridized carbons (Fsp3) is 0.475. The fourth-order valence-corrected chi connectivity index (χ4v) is 11.6. The zero-order valence-corrected chi connectivity index (χ0v) is 34.1. The molecule has 2 aliphatic carbocycles. The van der Waals surface area contributed by atoms with Crippen LogP contribution in [0.4, 0.5) is 11.5 Å². The number of hydrogen-bond acceptors (Lipinski definition) is 15. The molecule has 15 nitrogen and oxygen atoms in total. The summed E-state index contributed by atoms with van der Waals surface area (Å²) in [7, 11) is 0. The van der Waals surface area contributed by atoms with Gasteiger partial charge in [-0.15, -0.1) is 22.7 Å². The van der Waals surface area contributed by atoms with Gasteiger partial charge in [0.2, 0.25) is 11.8 Å². The molecule has 2 fully saturated rings. The number of fused-ring (bicyclic) bond motifs is 7. The number of hydrogen-bond donors (Lipinski definition) is 5. The Morgan fingerprint density at radius 2 is 1.36 bits per heavy atom. The molecule has 10 rings (SSSR count). The number of aliphatic imine (C=N–C) groups is 1. The minimum absolute atomic E-state index is 0.00861. The largest absolute Gasteiger partial charge is 0.492 e. The maximum atomic E-state index is 13.1. The van der Waals surface area contributed by atoms with Crippen molar-refractivity contribution in [3.8, 4) is 5.75 Å². The molecule has 0 radical (unpaired) electrons. The van der Waals surface area contributed by atoms with Crippen LogP contribution in [0.2, 0.25) is 5.15 Å². The summed E-state index contributed by atoms with van der Waals surface area (Å²) in [6, 6.07) is 4.09. The molecule has 5 aromatic rings. The van der Waals surface area contributed by atoms with Crippen LogP contribution in [0.5, 0.6) is 5.75 Å². The number of aryl methyl sites for hydroxylation is 2. The van der Waals surface area contributed by atoms with E-state index in [1.165, 1.54) is 17.5 Å². The van der Waals surface area contributed by atoms with Crippen LogP contribution < -0.4 is 10.1 Å². The van der Waals surface area contributed by atoms with E-state index in [-0.39, 0.29) is 49.8 Å². The number of carbonyl (C=O) groups excluding carboxylic acids is 2. The molecule has 0 unspecified atom stereocenters. The first-order chi connectivity index (χ1) is 28.1. The van der Waals surface area contributed by atoms with E-state index >= 15 is 0 Å². The lowest BCUT2D eigenvalue weighted by atomic mass is 9.87. The Hall–Kier alpha value is -4.36. The van der Waals surface area contributed by atoms with E-state index in [1.54, 1.807) is 38.8 Å². The maximum absolute atomic E-state index is 13.1. The molecule has 18 heteroatoms. The predicted octanol–water partition coefficient (Wildman–Crippen LogP) is 3.45. The molecule has 304 valence electrons. The van der Waals surface area contributed by atoms with Crippen LogP contribution >= 0.6 is 34.3 Å². The lowest BCUT2D eigenvalue weighted by Crippen LogP contribution is -2.37. The van der Waals surface area contributed by atoms with Crippen molar-refractivity contribution in [3.63, 3.8) is 0 Å². The van der Waals surface area contributed by atoms with E-state index in [2.05, 4.69) is 36.3 Å². The van der Waals surface area contributed by atoms with Gasteiger partial charge in [-0.2, -0.15) is 0 Å². The Labute approximate surface area is 346 Å². The molecule has 5 N–H and O–H groups in total. The fourth-order valence-electron chi connectivity index (χ4n) is 8.75. The third-order valence-electron chi connectivity index (χ3n) is 11.8. The Morgan fingerprint density at radius 3 is 1.95 bits per heavy atom. The van der Waals surface area contributed by atoms with E-state index < -0.39 is 24.4 Å². The van der Waals surface area contributed by atoms with Gasteiger partial charge in [0.05, 0.1) is 54.0 Å². The van der Waals surface area contributed by atoms with Crippen LogP contribution in [0.3, 0.4) is 0 Å². The monoisotopic (exact) mass is 846 g/mol. The smallest absolute Gasteiger partial charge is 0.226 e. The summed E-state index contributed by atoms with van der Waals surface area (Å²) in [4.78, 5) is 54.7. The molecule has 3 aliphatic heterocycles. The molecule has 0 saturated carbocycles. The van der Waals surface area contributed by atoms with Crippen molar-refractivity contribution in [1.82, 2.24) is 29.7 Å². The van der Waals surface area contributed by atoms with Crippen LogP contribution in [0.25, 0.3) is 20.4 Å². The summed E-state index contributed by atoms with van der Waals surface area (Å²) in [6.45, 7) is 4.02. The number of ether oxygens (including phenoxy) is 1. The molecule has 0 bridgehead atoms. The summed E-state index contributed by atoms with van der Waals surface area (Å²) < 4.78 is 5.91. The van der Waals surface area contributed by atoms with Gasteiger partial charge in [0.1, 0.15) is 39.0 Å². The van der Waals surface area contributed by atoms with Gasteiger partial charge in [-0.25, -0.2) is 19.9 Å². The number of likely N-dealkylation sites (tertiary alicyclic amines) is 2. The predicted molar refractivity (Wildman–Crippen MR) is 220 cm³/mol. The average molecular weight is 847 g/mol. The van der Waals surface area contributed by atoms with E-state index in [0.717, 1.165) is 77.8 Å². The summed E-state index contributed by atoms with van der Waals surface area (Å²) in [6.07, 6.45) is 5.79. The van der Waals surface area contributed by atoms with Gasteiger partial charge in [0, 0.05) is 54.0 Å². The van der Waals surface area contributed by atoms with Crippen LogP contribution in [0, 0.1) is 11.8 Å². The number of aliphatic hydroxyl groups is 4. The maximum Gasteiger partial charge on any atom is 0.226 e. The van der Waals surface area contributed by atoms with Crippen LogP contribution in [0.1, 0.15) is 51.8 Å². The zero-order chi connectivity index (χ0) is 40.2. The second kappa shape index (κ2) is 16.0. The average Bonchev–Trinajstić information content (AvgIpc) is 4.05. The van der Waals surface area contributed by atoms with Gasteiger partial charge in [-0.05, 0) is 79.8 Å². The third kappa shape index (κ3) is 7.31. The van der Waals surface area contributed by atoms with Gasteiger partial charge in [0.25, 0.3) is 0 Å². The highest BCUT2D eigenvalue weighted by Crippen LogP contribution is 2.43. The number of β-amino-alcohol motifs (C(OH)–C–C–N with tert-alkyl or cyclic N) is 4. The second-order valence-electron chi connectivity index (χ2n) is 15.5. The number of anilines is 2. The van der Waals surface area contributed by atoms with Crippen LogP contribution in [0.15, 0.2) is 29.8 Å². The number of carbonyl (C=O) groups is 2. The van der Waals surface area contributed by atoms with Crippen LogP contribution in [-0.4, -0.2) is 125 Å². The molecule has 4 aromatic heterocycles. The summed E-state index contributed by atoms with van der Waals surface area (Å²) in [5.41, 5.74) is 5.43. The SMILES string of the molecule is CCOc1cc2c(cc1Nc1ncnc3sc4c(c13)CC[C@H](C(=O)N1C[C@@H](O)[C@H](O)C1)C4)C=NC2.O=C([C@H]1CCc2c(sc3ncnc(Cl)c23)C1)N1C[C@@H](O)[C@H](O)C1. The first kappa shape index (κ1) is 39.1. The minimum atomic E-state index is -0.863. The van der Waals surface area contributed by atoms with Gasteiger partial charge >= 0.3 is 0 Å². The molecule has 0 spiro atoms. The molecule has 58 heavy (non-hydrogen) atoms. The van der Waals surface area contributed by atoms with Crippen molar-refractivity contribution in [1.29, 1.82) is 0 Å². The van der Waals surface area contributed by atoms with Gasteiger partial charge in [-0.1, -0.05) is 11.6 Å². The number of halogens is 1. The van der Waals surface area contributed by atoms with Gasteiger partial charge < -0.3 is 40.3 Å². The van der Waals surface area contributed by atoms with Crippen molar-refractivity contribution in [2.45, 2.75) is 76.4 Å². The molecule has 1 aromatic carbocycles. The first-order valence-electron chi connectivity index (χ1n) is 19.6. The van der Waals surface area contributed by atoms with E-state index in [4.69, 9.17) is 16.3 Å². The molecule has 2 saturated heterocycles. The minimum Gasteiger partial charge on any atom is -0.492 e. The summed E-state index contributed by atoms with van der Waals surface area (Å²) >= 11 is 9.38. The Balaban J connectivity index is 0.000000164. The zero-order valence-electron chi connectivity index (χ0n) is 31.7. The Morgan fingerprint density at radius 1 is 0.810 bits per heavy atom. The highest BCUT2D eigenvalue weighted by atomic mass is 35.5. The van der Waals surface area contributed by atoms with Crippen molar-refractivity contribution < 1.29 is 34.8 Å². The molecular formula is C40H43ClN8O7S2.